The lowest BCUT2D eigenvalue weighted by Crippen LogP contribution is -2.52. The van der Waals surface area contributed by atoms with Gasteiger partial charge in [-0.25, -0.2) is 0 Å². The van der Waals surface area contributed by atoms with E-state index in [9.17, 15) is 9.59 Å². The molecule has 3 rings (SSSR count). The molecule has 1 aliphatic heterocycles. The van der Waals surface area contributed by atoms with Crippen molar-refractivity contribution < 1.29 is 14.3 Å². The Balaban J connectivity index is 1.51. The molecule has 2 aromatic carbocycles. The second kappa shape index (κ2) is 8.58. The quantitative estimate of drug-likeness (QED) is 0.883. The summed E-state index contributed by atoms with van der Waals surface area (Å²) in [6, 6.07) is 17.3. The molecule has 1 unspecified atom stereocenters. The summed E-state index contributed by atoms with van der Waals surface area (Å²) in [5.41, 5.74) is 1.89. The number of nitrogens with zero attached hydrogens (tertiary/aromatic N) is 2. The van der Waals surface area contributed by atoms with Crippen molar-refractivity contribution in [2.45, 2.75) is 20.0 Å². The number of hydrogen-bond acceptors (Lipinski definition) is 4. The van der Waals surface area contributed by atoms with Crippen LogP contribution >= 0.6 is 0 Å². The summed E-state index contributed by atoms with van der Waals surface area (Å²) >= 11 is 0. The van der Waals surface area contributed by atoms with Gasteiger partial charge in [-0.2, -0.15) is 0 Å². The van der Waals surface area contributed by atoms with Gasteiger partial charge in [0.25, 0.3) is 5.91 Å². The fourth-order valence-electron chi connectivity index (χ4n) is 3.16. The number of carbonyl (C=O) groups excluding carboxylic acids is 2. The molecular formula is C21H25N3O3. The molecule has 0 aliphatic carbocycles. The topological polar surface area (TPSA) is 61.9 Å². The number of piperazine rings is 1. The summed E-state index contributed by atoms with van der Waals surface area (Å²) in [5.74, 6) is 0.475. The first-order valence-corrected chi connectivity index (χ1v) is 9.16. The Labute approximate surface area is 159 Å². The maximum atomic E-state index is 12.7. The Bertz CT molecular complexity index is 769. The highest BCUT2D eigenvalue weighted by atomic mass is 16.5. The minimum atomic E-state index is -0.556. The summed E-state index contributed by atoms with van der Waals surface area (Å²) in [4.78, 5) is 27.9. The van der Waals surface area contributed by atoms with Gasteiger partial charge in [0.15, 0.2) is 6.10 Å². The lowest BCUT2D eigenvalue weighted by atomic mass is 10.2. The third-order valence-electron chi connectivity index (χ3n) is 4.55. The predicted octanol–water partition coefficient (Wildman–Crippen LogP) is 2.76. The van der Waals surface area contributed by atoms with Crippen molar-refractivity contribution in [3.8, 4) is 5.75 Å². The van der Waals surface area contributed by atoms with E-state index < -0.39 is 6.10 Å². The van der Waals surface area contributed by atoms with Crippen molar-refractivity contribution in [3.05, 3.63) is 54.6 Å². The summed E-state index contributed by atoms with van der Waals surface area (Å²) < 4.78 is 5.78. The van der Waals surface area contributed by atoms with E-state index in [2.05, 4.69) is 22.3 Å². The molecule has 0 radical (unpaired) electrons. The zero-order valence-corrected chi connectivity index (χ0v) is 15.7. The van der Waals surface area contributed by atoms with Crippen LogP contribution in [-0.2, 0) is 9.59 Å². The Morgan fingerprint density at radius 1 is 0.963 bits per heavy atom. The van der Waals surface area contributed by atoms with Crippen molar-refractivity contribution in [1.29, 1.82) is 0 Å². The molecule has 2 aromatic rings. The van der Waals surface area contributed by atoms with Crippen LogP contribution in [0.5, 0.6) is 5.75 Å². The molecule has 1 heterocycles. The second-order valence-electron chi connectivity index (χ2n) is 6.61. The highest BCUT2D eigenvalue weighted by molar-refractivity contribution is 5.88. The van der Waals surface area contributed by atoms with Crippen molar-refractivity contribution in [3.63, 3.8) is 0 Å². The van der Waals surface area contributed by atoms with Gasteiger partial charge in [-0.15, -0.1) is 0 Å². The van der Waals surface area contributed by atoms with Gasteiger partial charge in [-0.1, -0.05) is 18.2 Å². The monoisotopic (exact) mass is 367 g/mol. The van der Waals surface area contributed by atoms with Gasteiger partial charge in [0.2, 0.25) is 5.91 Å². The van der Waals surface area contributed by atoms with Crippen molar-refractivity contribution in [1.82, 2.24) is 4.90 Å². The summed E-state index contributed by atoms with van der Waals surface area (Å²) in [7, 11) is 0. The normalized spacial score (nSPS) is 15.2. The van der Waals surface area contributed by atoms with Crippen molar-refractivity contribution >= 4 is 23.2 Å². The number of hydrogen-bond donors (Lipinski definition) is 1. The molecule has 0 aromatic heterocycles. The van der Waals surface area contributed by atoms with E-state index in [0.717, 1.165) is 13.1 Å². The maximum absolute atomic E-state index is 12.7. The lowest BCUT2D eigenvalue weighted by molar-refractivity contribution is -0.138. The Morgan fingerprint density at radius 2 is 1.59 bits per heavy atom. The van der Waals surface area contributed by atoms with Crippen molar-refractivity contribution in [2.24, 2.45) is 0 Å². The number of amides is 2. The van der Waals surface area contributed by atoms with E-state index in [0.29, 0.717) is 24.5 Å². The molecule has 0 bridgehead atoms. The van der Waals surface area contributed by atoms with Crippen molar-refractivity contribution in [2.75, 3.05) is 36.4 Å². The van der Waals surface area contributed by atoms with Gasteiger partial charge < -0.3 is 19.9 Å². The standard InChI is InChI=1S/C21H25N3O3/c1-16(27-20-10-8-18(9-11-20)22-17(2)25)21(26)24-14-12-23(13-15-24)19-6-4-3-5-7-19/h3-11,16H,12-15H2,1-2H3,(H,22,25). The highest BCUT2D eigenvalue weighted by Crippen LogP contribution is 2.19. The molecule has 142 valence electrons. The molecule has 2 amide bonds. The number of rotatable bonds is 5. The molecule has 0 spiro atoms. The molecule has 6 nitrogen and oxygen atoms in total. The van der Waals surface area contributed by atoms with Gasteiger partial charge in [0.05, 0.1) is 0 Å². The van der Waals surface area contributed by atoms with Gasteiger partial charge in [-0.05, 0) is 43.3 Å². The first-order chi connectivity index (χ1) is 13.0. The molecule has 0 saturated carbocycles. The number of para-hydroxylation sites is 1. The minimum Gasteiger partial charge on any atom is -0.481 e. The number of carbonyl (C=O) groups is 2. The smallest absolute Gasteiger partial charge is 0.263 e. The first-order valence-electron chi connectivity index (χ1n) is 9.16. The van der Waals surface area contributed by atoms with Gasteiger partial charge in [0, 0.05) is 44.5 Å². The van der Waals surface area contributed by atoms with Crippen LogP contribution in [0.4, 0.5) is 11.4 Å². The van der Waals surface area contributed by atoms with E-state index in [-0.39, 0.29) is 11.8 Å². The van der Waals surface area contributed by atoms with E-state index in [1.54, 1.807) is 31.2 Å². The SMILES string of the molecule is CC(=O)Nc1ccc(OC(C)C(=O)N2CCN(c3ccccc3)CC2)cc1. The molecule has 27 heavy (non-hydrogen) atoms. The third-order valence-corrected chi connectivity index (χ3v) is 4.55. The van der Waals surface area contributed by atoms with Gasteiger partial charge in [0.1, 0.15) is 5.75 Å². The molecule has 1 saturated heterocycles. The van der Waals surface area contributed by atoms with Gasteiger partial charge in [-0.3, -0.25) is 9.59 Å². The van der Waals surface area contributed by atoms with Crippen LogP contribution in [0.25, 0.3) is 0 Å². The largest absolute Gasteiger partial charge is 0.481 e. The average Bonchev–Trinajstić information content (AvgIpc) is 2.69. The van der Waals surface area contributed by atoms with E-state index in [1.165, 1.54) is 12.6 Å². The molecule has 1 atom stereocenters. The Kier molecular flexibility index (Phi) is 5.96. The maximum Gasteiger partial charge on any atom is 0.263 e. The second-order valence-corrected chi connectivity index (χ2v) is 6.61. The Morgan fingerprint density at radius 3 is 2.19 bits per heavy atom. The predicted molar refractivity (Wildman–Crippen MR) is 106 cm³/mol. The molecule has 1 N–H and O–H groups in total. The van der Waals surface area contributed by atoms with E-state index in [1.807, 2.05) is 23.1 Å². The highest BCUT2D eigenvalue weighted by Gasteiger charge is 2.26. The molecule has 1 aliphatic rings. The zero-order valence-electron chi connectivity index (χ0n) is 15.7. The lowest BCUT2D eigenvalue weighted by Gasteiger charge is -2.37. The number of nitrogens with one attached hydrogen (secondary N) is 1. The summed E-state index contributed by atoms with van der Waals surface area (Å²) in [6.45, 7) is 6.23. The van der Waals surface area contributed by atoms with Crippen LogP contribution in [0.15, 0.2) is 54.6 Å². The third kappa shape index (κ3) is 5.00. The van der Waals surface area contributed by atoms with Crippen LogP contribution in [0.3, 0.4) is 0 Å². The number of ether oxygens (including phenoxy) is 1. The van der Waals surface area contributed by atoms with Crippen LogP contribution in [0, 0.1) is 0 Å². The molecule has 1 fully saturated rings. The first kappa shape index (κ1) is 18.8. The van der Waals surface area contributed by atoms with E-state index in [4.69, 9.17) is 4.74 Å². The van der Waals surface area contributed by atoms with Crippen LogP contribution < -0.4 is 15.0 Å². The van der Waals surface area contributed by atoms with Crippen LogP contribution in [-0.4, -0.2) is 49.0 Å². The van der Waals surface area contributed by atoms with Gasteiger partial charge >= 0.3 is 0 Å². The summed E-state index contributed by atoms with van der Waals surface area (Å²) in [6.07, 6.45) is -0.556. The molecular weight excluding hydrogens is 342 g/mol. The minimum absolute atomic E-state index is 0.00588. The fraction of sp³-hybridized carbons (Fsp3) is 0.333. The zero-order chi connectivity index (χ0) is 19.2. The molecule has 6 heteroatoms. The average molecular weight is 367 g/mol. The fourth-order valence-corrected chi connectivity index (χ4v) is 3.16. The number of anilines is 2. The Hall–Kier alpha value is -3.02. The summed E-state index contributed by atoms with van der Waals surface area (Å²) in [5, 5.41) is 2.70. The van der Waals surface area contributed by atoms with Crippen LogP contribution in [0.1, 0.15) is 13.8 Å². The number of benzene rings is 2. The van der Waals surface area contributed by atoms with E-state index >= 15 is 0 Å². The van der Waals surface area contributed by atoms with Crippen LogP contribution in [0.2, 0.25) is 0 Å².